The van der Waals surface area contributed by atoms with Crippen LogP contribution in [0.5, 0.6) is 5.75 Å². The average molecular weight is 350 g/mol. The second-order valence-electron chi connectivity index (χ2n) is 7.35. The third-order valence-corrected chi connectivity index (χ3v) is 5.33. The molecule has 7 heteroatoms. The molecule has 3 aromatic heterocycles. The SMILES string of the molecule is Cc1c(-c2ccc3occc3c2O)nnc2c1ncn2C1CC(C)(O)C1. The van der Waals surface area contributed by atoms with Crippen molar-refractivity contribution >= 4 is 22.1 Å². The van der Waals surface area contributed by atoms with Crippen LogP contribution in [0.2, 0.25) is 0 Å². The number of hydrogen-bond donors (Lipinski definition) is 2. The minimum atomic E-state index is -0.616. The number of phenols is 1. The number of aryl methyl sites for hydroxylation is 1. The van der Waals surface area contributed by atoms with Gasteiger partial charge >= 0.3 is 0 Å². The number of aromatic nitrogens is 4. The molecule has 132 valence electrons. The van der Waals surface area contributed by atoms with Gasteiger partial charge < -0.3 is 19.2 Å². The van der Waals surface area contributed by atoms with Crippen molar-refractivity contribution in [3.8, 4) is 17.0 Å². The summed E-state index contributed by atoms with van der Waals surface area (Å²) in [5.74, 6) is 0.127. The van der Waals surface area contributed by atoms with Gasteiger partial charge in [-0.25, -0.2) is 4.98 Å². The normalized spacial score (nSPS) is 22.8. The molecule has 0 unspecified atom stereocenters. The van der Waals surface area contributed by atoms with E-state index < -0.39 is 5.60 Å². The Balaban J connectivity index is 1.63. The number of rotatable bonds is 2. The smallest absolute Gasteiger partial charge is 0.183 e. The molecule has 1 fully saturated rings. The zero-order valence-electron chi connectivity index (χ0n) is 14.5. The number of benzene rings is 1. The van der Waals surface area contributed by atoms with Crippen molar-refractivity contribution in [3.63, 3.8) is 0 Å². The summed E-state index contributed by atoms with van der Waals surface area (Å²) in [6.45, 7) is 3.77. The molecule has 0 amide bonds. The largest absolute Gasteiger partial charge is 0.506 e. The fourth-order valence-electron chi connectivity index (χ4n) is 3.90. The van der Waals surface area contributed by atoms with Crippen molar-refractivity contribution in [2.45, 2.75) is 38.3 Å². The van der Waals surface area contributed by atoms with Gasteiger partial charge in [0.05, 0.1) is 23.6 Å². The molecule has 7 nitrogen and oxygen atoms in total. The van der Waals surface area contributed by atoms with Crippen LogP contribution in [0.25, 0.3) is 33.4 Å². The molecule has 1 aliphatic carbocycles. The first kappa shape index (κ1) is 15.3. The summed E-state index contributed by atoms with van der Waals surface area (Å²) < 4.78 is 7.31. The molecule has 1 aliphatic rings. The van der Waals surface area contributed by atoms with Crippen LogP contribution in [0.1, 0.15) is 31.4 Å². The molecule has 1 aromatic carbocycles. The Morgan fingerprint density at radius 3 is 2.81 bits per heavy atom. The fraction of sp³-hybridized carbons (Fsp3) is 0.316. The Hall–Kier alpha value is -2.93. The van der Waals surface area contributed by atoms with Crippen LogP contribution >= 0.6 is 0 Å². The Morgan fingerprint density at radius 2 is 2.04 bits per heavy atom. The molecule has 2 N–H and O–H groups in total. The highest BCUT2D eigenvalue weighted by Crippen LogP contribution is 2.43. The van der Waals surface area contributed by atoms with Gasteiger partial charge in [-0.05, 0) is 44.9 Å². The van der Waals surface area contributed by atoms with Crippen LogP contribution in [-0.2, 0) is 0 Å². The molecular formula is C19H18N4O3. The van der Waals surface area contributed by atoms with Crippen molar-refractivity contribution in [2.24, 2.45) is 0 Å². The molecule has 0 bridgehead atoms. The van der Waals surface area contributed by atoms with Gasteiger partial charge in [-0.3, -0.25) is 0 Å². The first-order chi connectivity index (χ1) is 12.4. The summed E-state index contributed by atoms with van der Waals surface area (Å²) in [6, 6.07) is 5.51. The van der Waals surface area contributed by atoms with Crippen molar-refractivity contribution in [3.05, 3.63) is 36.4 Å². The van der Waals surface area contributed by atoms with E-state index in [1.165, 1.54) is 0 Å². The zero-order valence-corrected chi connectivity index (χ0v) is 14.5. The summed E-state index contributed by atoms with van der Waals surface area (Å²) in [4.78, 5) is 4.52. The highest BCUT2D eigenvalue weighted by molar-refractivity contribution is 5.93. The third-order valence-electron chi connectivity index (χ3n) is 5.33. The van der Waals surface area contributed by atoms with Crippen LogP contribution in [0, 0.1) is 6.92 Å². The topological polar surface area (TPSA) is 97.2 Å². The number of phenolic OH excluding ortho intramolecular Hbond substituents is 1. The molecule has 5 rings (SSSR count). The van der Waals surface area contributed by atoms with Gasteiger partial charge in [-0.15, -0.1) is 10.2 Å². The standard InChI is InChI=1S/C19H18N4O3/c1-10-15(13-3-4-14-12(17(13)24)5-6-26-14)21-22-18-16(10)20-9-23(18)11-7-19(2,25)8-11/h3-6,9,11,24-25H,7-8H2,1-2H3. The molecule has 0 saturated heterocycles. The van der Waals surface area contributed by atoms with Crippen LogP contribution in [0.4, 0.5) is 0 Å². The van der Waals surface area contributed by atoms with Crippen molar-refractivity contribution in [2.75, 3.05) is 0 Å². The van der Waals surface area contributed by atoms with E-state index >= 15 is 0 Å². The average Bonchev–Trinajstić information content (AvgIpc) is 3.21. The molecular weight excluding hydrogens is 332 g/mol. The summed E-state index contributed by atoms with van der Waals surface area (Å²) >= 11 is 0. The van der Waals surface area contributed by atoms with E-state index in [0.717, 1.165) is 11.1 Å². The summed E-state index contributed by atoms with van der Waals surface area (Å²) in [5, 5.41) is 30.0. The molecule has 3 heterocycles. The van der Waals surface area contributed by atoms with Crippen molar-refractivity contribution in [1.29, 1.82) is 0 Å². The van der Waals surface area contributed by atoms with Crippen LogP contribution < -0.4 is 0 Å². The quantitative estimate of drug-likeness (QED) is 0.575. The van der Waals surface area contributed by atoms with Gasteiger partial charge in [0, 0.05) is 17.2 Å². The predicted molar refractivity (Wildman–Crippen MR) is 95.8 cm³/mol. The minimum absolute atomic E-state index is 0.127. The molecule has 4 aromatic rings. The number of aromatic hydroxyl groups is 1. The lowest BCUT2D eigenvalue weighted by Crippen LogP contribution is -2.41. The molecule has 1 saturated carbocycles. The van der Waals surface area contributed by atoms with E-state index in [0.29, 0.717) is 40.7 Å². The highest BCUT2D eigenvalue weighted by atomic mass is 16.3. The number of imidazole rings is 1. The van der Waals surface area contributed by atoms with Gasteiger partial charge in [0.1, 0.15) is 22.5 Å². The lowest BCUT2D eigenvalue weighted by atomic mass is 9.77. The maximum Gasteiger partial charge on any atom is 0.183 e. The summed E-state index contributed by atoms with van der Waals surface area (Å²) in [7, 11) is 0. The first-order valence-electron chi connectivity index (χ1n) is 8.56. The van der Waals surface area contributed by atoms with Crippen molar-refractivity contribution < 1.29 is 14.6 Å². The maximum atomic E-state index is 10.6. The number of aliphatic hydroxyl groups is 1. The lowest BCUT2D eigenvalue weighted by Gasteiger charge is -2.41. The van der Waals surface area contributed by atoms with E-state index in [1.54, 1.807) is 24.7 Å². The molecule has 0 radical (unpaired) electrons. The van der Waals surface area contributed by atoms with E-state index in [9.17, 15) is 10.2 Å². The van der Waals surface area contributed by atoms with Gasteiger partial charge in [-0.2, -0.15) is 0 Å². The zero-order chi connectivity index (χ0) is 18.1. The van der Waals surface area contributed by atoms with Gasteiger partial charge in [-0.1, -0.05) is 0 Å². The first-order valence-corrected chi connectivity index (χ1v) is 8.56. The summed E-state index contributed by atoms with van der Waals surface area (Å²) in [6.07, 6.45) is 4.66. The Morgan fingerprint density at radius 1 is 1.23 bits per heavy atom. The predicted octanol–water partition coefficient (Wildman–Crippen LogP) is 3.34. The van der Waals surface area contributed by atoms with Crippen LogP contribution in [0.3, 0.4) is 0 Å². The summed E-state index contributed by atoms with van der Waals surface area (Å²) in [5.41, 5.74) is 3.53. The Bertz CT molecular complexity index is 1150. The fourth-order valence-corrected chi connectivity index (χ4v) is 3.90. The van der Waals surface area contributed by atoms with Gasteiger partial charge in [0.2, 0.25) is 0 Å². The van der Waals surface area contributed by atoms with E-state index in [2.05, 4.69) is 15.2 Å². The second-order valence-corrected chi connectivity index (χ2v) is 7.35. The molecule has 0 aliphatic heterocycles. The number of nitrogens with zero attached hydrogens (tertiary/aromatic N) is 4. The maximum absolute atomic E-state index is 10.6. The number of fused-ring (bicyclic) bond motifs is 2. The molecule has 26 heavy (non-hydrogen) atoms. The molecule has 0 atom stereocenters. The number of hydrogen-bond acceptors (Lipinski definition) is 6. The van der Waals surface area contributed by atoms with Crippen LogP contribution in [0.15, 0.2) is 35.2 Å². The number of furan rings is 1. The monoisotopic (exact) mass is 350 g/mol. The van der Waals surface area contributed by atoms with E-state index in [-0.39, 0.29) is 11.8 Å². The molecule has 0 spiro atoms. The Kier molecular flexibility index (Phi) is 2.98. The van der Waals surface area contributed by atoms with Crippen molar-refractivity contribution in [1.82, 2.24) is 19.7 Å². The van der Waals surface area contributed by atoms with Gasteiger partial charge in [0.15, 0.2) is 5.65 Å². The van der Waals surface area contributed by atoms with E-state index in [4.69, 9.17) is 4.42 Å². The van der Waals surface area contributed by atoms with E-state index in [1.807, 2.05) is 24.5 Å². The Labute approximate surface area is 148 Å². The van der Waals surface area contributed by atoms with Gasteiger partial charge in [0.25, 0.3) is 0 Å². The second kappa shape index (κ2) is 5.04. The lowest BCUT2D eigenvalue weighted by molar-refractivity contribution is -0.0499. The third kappa shape index (κ3) is 2.07. The van der Waals surface area contributed by atoms with Crippen LogP contribution in [-0.4, -0.2) is 35.6 Å². The minimum Gasteiger partial charge on any atom is -0.506 e. The highest BCUT2D eigenvalue weighted by Gasteiger charge is 2.40.